The van der Waals surface area contributed by atoms with Gasteiger partial charge < -0.3 is 14.9 Å². The second-order valence-electron chi connectivity index (χ2n) is 5.79. The molecule has 1 aliphatic heterocycles. The maximum Gasteiger partial charge on any atom is 0.290 e. The molecule has 2 aromatic rings. The van der Waals surface area contributed by atoms with Gasteiger partial charge in [0.25, 0.3) is 5.91 Å². The molecule has 1 N–H and O–H groups in total. The number of likely N-dealkylation sites (N-methyl/N-ethyl adjacent to an activating group) is 1. The van der Waals surface area contributed by atoms with E-state index in [1.807, 2.05) is 41.9 Å². The molecule has 0 aromatic carbocycles. The van der Waals surface area contributed by atoms with Crippen molar-refractivity contribution in [3.05, 3.63) is 56.1 Å². The molecule has 0 spiro atoms. The first-order valence-corrected chi connectivity index (χ1v) is 9.27. The highest BCUT2D eigenvalue weighted by atomic mass is 32.1. The van der Waals surface area contributed by atoms with Crippen LogP contribution in [0.4, 0.5) is 0 Å². The standard InChI is InChI=1S/C17H18N2O3S2/c1-18(2)7-8-19-14(11-5-3-9-23-11)13(16(21)17(19)22)15(20)12-6-4-10-24-12/h3-6,9-10,14,21H,7-8H2,1-2H3/t14-/m1/s1. The van der Waals surface area contributed by atoms with E-state index in [-0.39, 0.29) is 11.4 Å². The van der Waals surface area contributed by atoms with E-state index >= 15 is 0 Å². The summed E-state index contributed by atoms with van der Waals surface area (Å²) in [4.78, 5) is 30.4. The van der Waals surface area contributed by atoms with E-state index in [9.17, 15) is 14.7 Å². The molecule has 5 nitrogen and oxygen atoms in total. The van der Waals surface area contributed by atoms with Gasteiger partial charge in [-0.1, -0.05) is 12.1 Å². The zero-order chi connectivity index (χ0) is 17.3. The second kappa shape index (κ2) is 6.88. The fourth-order valence-corrected chi connectivity index (χ4v) is 4.23. The van der Waals surface area contributed by atoms with E-state index in [1.54, 1.807) is 17.0 Å². The molecule has 0 saturated carbocycles. The summed E-state index contributed by atoms with van der Waals surface area (Å²) in [5.41, 5.74) is 0.184. The lowest BCUT2D eigenvalue weighted by atomic mass is 10.0. The largest absolute Gasteiger partial charge is 0.503 e. The van der Waals surface area contributed by atoms with Gasteiger partial charge in [0.1, 0.15) is 0 Å². The molecule has 0 radical (unpaired) electrons. The predicted molar refractivity (Wildman–Crippen MR) is 95.6 cm³/mol. The topological polar surface area (TPSA) is 60.9 Å². The summed E-state index contributed by atoms with van der Waals surface area (Å²) in [6.07, 6.45) is 0. The van der Waals surface area contributed by atoms with Crippen LogP contribution in [-0.2, 0) is 4.79 Å². The third-order valence-electron chi connectivity index (χ3n) is 3.89. The van der Waals surface area contributed by atoms with Crippen LogP contribution < -0.4 is 0 Å². The minimum atomic E-state index is -0.521. The number of Topliss-reactive ketones (excluding diaryl/α,β-unsaturated/α-hetero) is 1. The van der Waals surface area contributed by atoms with Gasteiger partial charge in [0.2, 0.25) is 5.78 Å². The molecule has 3 rings (SSSR count). The van der Waals surface area contributed by atoms with Crippen LogP contribution in [0.25, 0.3) is 0 Å². The van der Waals surface area contributed by atoms with Crippen LogP contribution in [0, 0.1) is 0 Å². The Labute approximate surface area is 148 Å². The average Bonchev–Trinajstić information content (AvgIpc) is 3.27. The summed E-state index contributed by atoms with van der Waals surface area (Å²) in [6, 6.07) is 6.76. The van der Waals surface area contributed by atoms with Crippen LogP contribution in [0.5, 0.6) is 0 Å². The Morgan fingerprint density at radius 2 is 1.96 bits per heavy atom. The number of ketones is 1. The average molecular weight is 362 g/mol. The Balaban J connectivity index is 2.01. The van der Waals surface area contributed by atoms with Crippen molar-refractivity contribution in [2.45, 2.75) is 6.04 Å². The van der Waals surface area contributed by atoms with Gasteiger partial charge in [0.15, 0.2) is 5.76 Å². The lowest BCUT2D eigenvalue weighted by Crippen LogP contribution is -2.36. The predicted octanol–water partition coefficient (Wildman–Crippen LogP) is 2.95. The Morgan fingerprint density at radius 3 is 2.54 bits per heavy atom. The molecule has 7 heteroatoms. The first-order valence-electron chi connectivity index (χ1n) is 7.51. The lowest BCUT2D eigenvalue weighted by molar-refractivity contribution is -0.129. The van der Waals surface area contributed by atoms with Crippen molar-refractivity contribution in [2.24, 2.45) is 0 Å². The fraction of sp³-hybridized carbons (Fsp3) is 0.294. The number of nitrogens with zero attached hydrogens (tertiary/aromatic N) is 2. The van der Waals surface area contributed by atoms with Crippen LogP contribution in [0.1, 0.15) is 20.6 Å². The molecule has 0 bridgehead atoms. The molecule has 126 valence electrons. The third kappa shape index (κ3) is 3.02. The van der Waals surface area contributed by atoms with E-state index in [2.05, 4.69) is 0 Å². The minimum absolute atomic E-state index is 0.184. The van der Waals surface area contributed by atoms with Crippen molar-refractivity contribution in [3.8, 4) is 0 Å². The maximum atomic E-state index is 12.9. The van der Waals surface area contributed by atoms with Gasteiger partial charge in [-0.3, -0.25) is 9.59 Å². The van der Waals surface area contributed by atoms with Gasteiger partial charge in [-0.2, -0.15) is 0 Å². The van der Waals surface area contributed by atoms with E-state index in [0.717, 1.165) is 4.88 Å². The zero-order valence-corrected chi connectivity index (χ0v) is 15.1. The molecule has 3 heterocycles. The highest BCUT2D eigenvalue weighted by Crippen LogP contribution is 2.40. The molecule has 1 aliphatic rings. The normalized spacial score (nSPS) is 18.0. The molecule has 24 heavy (non-hydrogen) atoms. The Bertz CT molecular complexity index is 764. The molecule has 0 saturated heterocycles. The number of amides is 1. The molecule has 1 amide bonds. The number of aliphatic hydroxyl groups is 1. The summed E-state index contributed by atoms with van der Waals surface area (Å²) in [5, 5.41) is 14.1. The summed E-state index contributed by atoms with van der Waals surface area (Å²) in [7, 11) is 3.84. The van der Waals surface area contributed by atoms with Crippen molar-refractivity contribution in [1.29, 1.82) is 0 Å². The van der Waals surface area contributed by atoms with Gasteiger partial charge in [-0.25, -0.2) is 0 Å². The molecule has 1 atom stereocenters. The number of aliphatic hydroxyl groups excluding tert-OH is 1. The Kier molecular flexibility index (Phi) is 4.84. The lowest BCUT2D eigenvalue weighted by Gasteiger charge is -2.26. The number of hydrogen-bond acceptors (Lipinski definition) is 6. The summed E-state index contributed by atoms with van der Waals surface area (Å²) in [6.45, 7) is 1.10. The minimum Gasteiger partial charge on any atom is -0.503 e. The first kappa shape index (κ1) is 16.9. The van der Waals surface area contributed by atoms with Gasteiger partial charge in [-0.05, 0) is 37.0 Å². The highest BCUT2D eigenvalue weighted by molar-refractivity contribution is 7.12. The van der Waals surface area contributed by atoms with Crippen LogP contribution in [0.15, 0.2) is 46.4 Å². The molecular weight excluding hydrogens is 344 g/mol. The molecular formula is C17H18N2O3S2. The van der Waals surface area contributed by atoms with Crippen molar-refractivity contribution in [3.63, 3.8) is 0 Å². The molecule has 0 unspecified atom stereocenters. The van der Waals surface area contributed by atoms with E-state index in [1.165, 1.54) is 22.7 Å². The Morgan fingerprint density at radius 1 is 1.25 bits per heavy atom. The van der Waals surface area contributed by atoms with Crippen LogP contribution >= 0.6 is 22.7 Å². The van der Waals surface area contributed by atoms with E-state index in [4.69, 9.17) is 0 Å². The molecule has 2 aromatic heterocycles. The summed E-state index contributed by atoms with van der Waals surface area (Å²) < 4.78 is 0. The number of thiophene rings is 2. The van der Waals surface area contributed by atoms with Crippen LogP contribution in [0.3, 0.4) is 0 Å². The Hall–Kier alpha value is -1.96. The maximum absolute atomic E-state index is 12.9. The van der Waals surface area contributed by atoms with Gasteiger partial charge >= 0.3 is 0 Å². The van der Waals surface area contributed by atoms with Crippen LogP contribution in [-0.4, -0.2) is 53.8 Å². The fourth-order valence-electron chi connectivity index (χ4n) is 2.71. The van der Waals surface area contributed by atoms with Crippen LogP contribution in [0.2, 0.25) is 0 Å². The number of rotatable bonds is 6. The molecule has 0 fully saturated rings. The van der Waals surface area contributed by atoms with E-state index in [0.29, 0.717) is 18.0 Å². The second-order valence-corrected chi connectivity index (χ2v) is 7.72. The number of carbonyl (C=O) groups is 2. The van der Waals surface area contributed by atoms with Gasteiger partial charge in [-0.15, -0.1) is 22.7 Å². The SMILES string of the molecule is CN(C)CCN1C(=O)C(O)=C(C(=O)c2cccs2)[C@H]1c1cccs1. The van der Waals surface area contributed by atoms with E-state index < -0.39 is 17.7 Å². The number of hydrogen-bond donors (Lipinski definition) is 1. The van der Waals surface area contributed by atoms with Gasteiger partial charge in [0.05, 0.1) is 16.5 Å². The van der Waals surface area contributed by atoms with Crippen molar-refractivity contribution in [1.82, 2.24) is 9.80 Å². The zero-order valence-electron chi connectivity index (χ0n) is 13.4. The quantitative estimate of drug-likeness (QED) is 0.803. The van der Waals surface area contributed by atoms with Crippen molar-refractivity contribution < 1.29 is 14.7 Å². The third-order valence-corrected chi connectivity index (χ3v) is 5.69. The highest BCUT2D eigenvalue weighted by Gasteiger charge is 2.44. The summed E-state index contributed by atoms with van der Waals surface area (Å²) in [5.74, 6) is -1.18. The first-order chi connectivity index (χ1) is 11.5. The summed E-state index contributed by atoms with van der Waals surface area (Å²) >= 11 is 2.79. The van der Waals surface area contributed by atoms with Gasteiger partial charge in [0, 0.05) is 18.0 Å². The number of carbonyl (C=O) groups excluding carboxylic acids is 2. The van der Waals surface area contributed by atoms with Crippen molar-refractivity contribution >= 4 is 34.4 Å². The smallest absolute Gasteiger partial charge is 0.290 e. The van der Waals surface area contributed by atoms with Crippen molar-refractivity contribution in [2.75, 3.05) is 27.2 Å². The monoisotopic (exact) mass is 362 g/mol. The molecule has 0 aliphatic carbocycles.